The fourth-order valence-corrected chi connectivity index (χ4v) is 5.94. The Balaban J connectivity index is 2.21. The maximum absolute atomic E-state index is 2.90. The number of nitrogens with zero attached hydrogens (tertiary/aromatic N) is 3. The molecule has 2 saturated heterocycles. The van der Waals surface area contributed by atoms with E-state index in [0.717, 1.165) is 12.0 Å². The highest BCUT2D eigenvalue weighted by Gasteiger charge is 2.48. The summed E-state index contributed by atoms with van der Waals surface area (Å²) in [7, 11) is 4.67. The first-order valence-electron chi connectivity index (χ1n) is 12.3. The molecule has 0 aromatic carbocycles. The molecule has 2 aliphatic heterocycles. The van der Waals surface area contributed by atoms with Gasteiger partial charge in [0.2, 0.25) is 0 Å². The lowest BCUT2D eigenvalue weighted by Gasteiger charge is -2.58. The minimum absolute atomic E-state index is 0.267. The van der Waals surface area contributed by atoms with Crippen LogP contribution in [0.15, 0.2) is 0 Å². The highest BCUT2D eigenvalue weighted by atomic mass is 15.3. The largest absolute Gasteiger partial charge is 0.306 e. The normalized spacial score (nSPS) is 30.8. The van der Waals surface area contributed by atoms with Gasteiger partial charge in [-0.3, -0.25) is 9.80 Å². The maximum atomic E-state index is 2.90. The molecular weight excluding hydrogens is 354 g/mol. The van der Waals surface area contributed by atoms with E-state index < -0.39 is 0 Å². The molecule has 2 unspecified atom stereocenters. The molecule has 0 bridgehead atoms. The van der Waals surface area contributed by atoms with Gasteiger partial charge in [0.25, 0.3) is 0 Å². The van der Waals surface area contributed by atoms with Gasteiger partial charge < -0.3 is 4.90 Å². The van der Waals surface area contributed by atoms with Crippen LogP contribution in [0.1, 0.15) is 101 Å². The second-order valence-electron chi connectivity index (χ2n) is 13.0. The Morgan fingerprint density at radius 3 is 1.97 bits per heavy atom. The van der Waals surface area contributed by atoms with Gasteiger partial charge >= 0.3 is 0 Å². The van der Waals surface area contributed by atoms with Crippen LogP contribution in [-0.2, 0) is 0 Å². The third-order valence-corrected chi connectivity index (χ3v) is 9.04. The van der Waals surface area contributed by atoms with E-state index in [-0.39, 0.29) is 16.6 Å². The molecule has 172 valence electrons. The van der Waals surface area contributed by atoms with E-state index in [0.29, 0.717) is 5.41 Å². The highest BCUT2D eigenvalue weighted by molar-refractivity contribution is 5.03. The molecule has 2 fully saturated rings. The van der Waals surface area contributed by atoms with Crippen molar-refractivity contribution in [2.45, 2.75) is 123 Å². The topological polar surface area (TPSA) is 9.72 Å². The Bertz CT molecular complexity index is 525. The van der Waals surface area contributed by atoms with E-state index in [2.05, 4.69) is 91.1 Å². The van der Waals surface area contributed by atoms with Gasteiger partial charge in [-0.2, -0.15) is 0 Å². The summed E-state index contributed by atoms with van der Waals surface area (Å²) in [5.41, 5.74) is 1.20. The summed E-state index contributed by atoms with van der Waals surface area (Å²) in [6.45, 7) is 25.9. The zero-order valence-corrected chi connectivity index (χ0v) is 21.9. The Labute approximate surface area is 183 Å². The van der Waals surface area contributed by atoms with Gasteiger partial charge in [0, 0.05) is 29.2 Å². The van der Waals surface area contributed by atoms with Crippen molar-refractivity contribution in [3.63, 3.8) is 0 Å². The maximum Gasteiger partial charge on any atom is 0.0198 e. The summed E-state index contributed by atoms with van der Waals surface area (Å²) in [6, 6.07) is 0.741. The quantitative estimate of drug-likeness (QED) is 0.544. The van der Waals surface area contributed by atoms with Gasteiger partial charge in [-0.15, -0.1) is 0 Å². The summed E-state index contributed by atoms with van der Waals surface area (Å²) < 4.78 is 0. The molecule has 0 amide bonds. The van der Waals surface area contributed by atoms with Gasteiger partial charge in [-0.1, -0.05) is 27.7 Å². The fourth-order valence-electron chi connectivity index (χ4n) is 5.94. The Morgan fingerprint density at radius 1 is 0.931 bits per heavy atom. The van der Waals surface area contributed by atoms with Crippen LogP contribution in [0, 0.1) is 11.3 Å². The molecule has 0 N–H and O–H groups in total. The standard InChI is InChI=1S/C26H53N3/c1-12-24(5,6)29(22-13-16-27(10)17-14-22)18-15-26(9)20-21(23(2,3)4)19-25(7,8)28(26)11/h21-22H,12-20H2,1-11H3. The lowest BCUT2D eigenvalue weighted by Crippen LogP contribution is -2.63. The minimum atomic E-state index is 0.267. The number of likely N-dealkylation sites (tertiary alicyclic amines) is 2. The monoisotopic (exact) mass is 407 g/mol. The molecule has 0 aliphatic carbocycles. The van der Waals surface area contributed by atoms with Crippen molar-refractivity contribution in [3.8, 4) is 0 Å². The summed E-state index contributed by atoms with van der Waals surface area (Å²) in [6.07, 6.45) is 7.77. The van der Waals surface area contributed by atoms with Gasteiger partial charge in [0.1, 0.15) is 0 Å². The van der Waals surface area contributed by atoms with Crippen LogP contribution in [0.25, 0.3) is 0 Å². The summed E-state index contributed by atoms with van der Waals surface area (Å²) in [4.78, 5) is 8.13. The molecular formula is C26H53N3. The summed E-state index contributed by atoms with van der Waals surface area (Å²) in [5, 5.41) is 0. The summed E-state index contributed by atoms with van der Waals surface area (Å²) in [5.74, 6) is 0.787. The molecule has 2 rings (SSSR count). The number of rotatable bonds is 6. The molecule has 2 aliphatic rings. The molecule has 2 atom stereocenters. The van der Waals surface area contributed by atoms with Gasteiger partial charge in [0.05, 0.1) is 0 Å². The average molecular weight is 408 g/mol. The predicted molar refractivity (Wildman–Crippen MR) is 129 cm³/mol. The SMILES string of the molecule is CCC(C)(C)N(CCC1(C)CC(C(C)(C)C)CC(C)(C)N1C)C1CCN(C)CC1. The lowest BCUT2D eigenvalue weighted by molar-refractivity contribution is -0.0787. The molecule has 0 aromatic heterocycles. The number of hydrogen-bond donors (Lipinski definition) is 0. The number of piperidine rings is 2. The smallest absolute Gasteiger partial charge is 0.0198 e. The third-order valence-electron chi connectivity index (χ3n) is 9.04. The van der Waals surface area contributed by atoms with Crippen LogP contribution in [0.5, 0.6) is 0 Å². The second-order valence-corrected chi connectivity index (χ2v) is 13.0. The first-order valence-corrected chi connectivity index (χ1v) is 12.3. The Hall–Kier alpha value is -0.120. The minimum Gasteiger partial charge on any atom is -0.306 e. The van der Waals surface area contributed by atoms with Crippen molar-refractivity contribution in [3.05, 3.63) is 0 Å². The molecule has 2 heterocycles. The van der Waals surface area contributed by atoms with Gasteiger partial charge in [-0.05, 0) is 112 Å². The van der Waals surface area contributed by atoms with Crippen LogP contribution >= 0.6 is 0 Å². The van der Waals surface area contributed by atoms with E-state index in [1.807, 2.05) is 0 Å². The molecule has 3 heteroatoms. The highest BCUT2D eigenvalue weighted by Crippen LogP contribution is 2.48. The molecule has 0 radical (unpaired) electrons. The van der Waals surface area contributed by atoms with Crippen LogP contribution in [0.2, 0.25) is 0 Å². The van der Waals surface area contributed by atoms with E-state index in [1.54, 1.807) is 0 Å². The van der Waals surface area contributed by atoms with Crippen molar-refractivity contribution in [2.24, 2.45) is 11.3 Å². The fraction of sp³-hybridized carbons (Fsp3) is 1.00. The van der Waals surface area contributed by atoms with Crippen molar-refractivity contribution < 1.29 is 0 Å². The van der Waals surface area contributed by atoms with Crippen molar-refractivity contribution in [2.75, 3.05) is 33.7 Å². The zero-order chi connectivity index (χ0) is 22.3. The zero-order valence-electron chi connectivity index (χ0n) is 21.9. The van der Waals surface area contributed by atoms with Crippen LogP contribution in [0.3, 0.4) is 0 Å². The predicted octanol–water partition coefficient (Wildman–Crippen LogP) is 5.89. The molecule has 0 saturated carbocycles. The van der Waals surface area contributed by atoms with Crippen molar-refractivity contribution in [1.82, 2.24) is 14.7 Å². The van der Waals surface area contributed by atoms with E-state index in [1.165, 1.54) is 58.2 Å². The molecule has 0 aromatic rings. The number of hydrogen-bond acceptors (Lipinski definition) is 3. The van der Waals surface area contributed by atoms with E-state index in [9.17, 15) is 0 Å². The second kappa shape index (κ2) is 8.79. The van der Waals surface area contributed by atoms with Crippen LogP contribution in [0.4, 0.5) is 0 Å². The van der Waals surface area contributed by atoms with Crippen LogP contribution < -0.4 is 0 Å². The lowest BCUT2D eigenvalue weighted by atomic mass is 9.63. The van der Waals surface area contributed by atoms with Crippen LogP contribution in [-0.4, -0.2) is 71.1 Å². The molecule has 0 spiro atoms. The first kappa shape index (κ1) is 25.1. The van der Waals surface area contributed by atoms with E-state index in [4.69, 9.17) is 0 Å². The van der Waals surface area contributed by atoms with Gasteiger partial charge in [-0.25, -0.2) is 0 Å². The Morgan fingerprint density at radius 2 is 1.48 bits per heavy atom. The van der Waals surface area contributed by atoms with Gasteiger partial charge in [0.15, 0.2) is 0 Å². The van der Waals surface area contributed by atoms with E-state index >= 15 is 0 Å². The average Bonchev–Trinajstić information content (AvgIpc) is 2.60. The Kier molecular flexibility index (Phi) is 7.62. The molecule has 29 heavy (non-hydrogen) atoms. The summed E-state index contributed by atoms with van der Waals surface area (Å²) >= 11 is 0. The van der Waals surface area contributed by atoms with Crippen molar-refractivity contribution in [1.29, 1.82) is 0 Å². The third kappa shape index (κ3) is 5.77. The first-order chi connectivity index (χ1) is 13.1. The molecule has 3 nitrogen and oxygen atoms in total. The van der Waals surface area contributed by atoms with Crippen molar-refractivity contribution >= 4 is 0 Å².